The molecule has 0 bridgehead atoms. The van der Waals surface area contributed by atoms with Crippen LogP contribution in [0.2, 0.25) is 0 Å². The quantitative estimate of drug-likeness (QED) is 0.249. The summed E-state index contributed by atoms with van der Waals surface area (Å²) < 4.78 is 198. The van der Waals surface area contributed by atoms with E-state index in [-0.39, 0.29) is 28.6 Å². The third-order valence-electron chi connectivity index (χ3n) is 1.89. The van der Waals surface area contributed by atoms with Crippen LogP contribution < -0.4 is 0 Å². The third kappa shape index (κ3) is 14.6. The van der Waals surface area contributed by atoms with E-state index in [0.717, 1.165) is 0 Å². The average molecular weight is 562 g/mol. The molecule has 0 fully saturated rings. The number of ether oxygens (including phenoxy) is 1. The van der Waals surface area contributed by atoms with E-state index in [1.165, 1.54) is 6.92 Å². The van der Waals surface area contributed by atoms with Gasteiger partial charge in [0.1, 0.15) is 0 Å². The normalized spacial score (nSPS) is 11.2. The maximum Gasteiger partial charge on any atom is 0.438 e. The molecule has 0 aliphatic rings. The van der Waals surface area contributed by atoms with E-state index in [0.29, 0.717) is 7.18 Å². The molecule has 0 aliphatic carbocycles. The van der Waals surface area contributed by atoms with Crippen LogP contribution in [-0.4, -0.2) is 73.3 Å². The smallest absolute Gasteiger partial charge is 0.283 e. The molecule has 0 unspecified atom stereocenters. The molecule has 0 amide bonds. The molecule has 0 saturated carbocycles. The summed E-state index contributed by atoms with van der Waals surface area (Å²) in [6, 6.07) is 0. The van der Waals surface area contributed by atoms with Crippen LogP contribution >= 0.6 is 0 Å². The molecule has 0 aromatic heterocycles. The SMILES string of the molecule is C.C.CCF.CF.COS(=O)(=O)C(F)(F)C(F)(F)C(F)(F)C(F)(F)OCF.FCF.FCF. The van der Waals surface area contributed by atoms with Crippen molar-refractivity contribution in [3.63, 3.8) is 0 Å². The summed E-state index contributed by atoms with van der Waals surface area (Å²) in [7, 11) is -6.25. The minimum atomic E-state index is -7.16. The summed E-state index contributed by atoms with van der Waals surface area (Å²) in [5.74, 6) is -14.2. The van der Waals surface area contributed by atoms with Gasteiger partial charge in [-0.3, -0.25) is 17.7 Å². The van der Waals surface area contributed by atoms with Gasteiger partial charge in [-0.1, -0.05) is 14.9 Å². The van der Waals surface area contributed by atoms with Gasteiger partial charge in [-0.2, -0.15) is 43.5 Å². The zero-order valence-corrected chi connectivity index (χ0v) is 16.4. The van der Waals surface area contributed by atoms with Crippen molar-refractivity contribution in [3.8, 4) is 0 Å². The molecular formula is C13H25F15O4S. The zero-order valence-electron chi connectivity index (χ0n) is 15.5. The van der Waals surface area contributed by atoms with Crippen molar-refractivity contribution in [1.29, 1.82) is 0 Å². The predicted octanol–water partition coefficient (Wildman–Crippen LogP) is 6.96. The van der Waals surface area contributed by atoms with Gasteiger partial charge in [-0.05, 0) is 6.92 Å². The molecule has 0 spiro atoms. The highest BCUT2D eigenvalue weighted by atomic mass is 32.2. The lowest BCUT2D eigenvalue weighted by atomic mass is 10.1. The molecule has 0 heterocycles. The van der Waals surface area contributed by atoms with Crippen molar-refractivity contribution in [3.05, 3.63) is 0 Å². The molecule has 33 heavy (non-hydrogen) atoms. The molecule has 0 N–H and O–H groups in total. The zero-order chi connectivity index (χ0) is 26.7. The number of hydrogen-bond acceptors (Lipinski definition) is 4. The third-order valence-corrected chi connectivity index (χ3v) is 3.22. The van der Waals surface area contributed by atoms with Crippen LogP contribution in [0.15, 0.2) is 0 Å². The lowest BCUT2D eigenvalue weighted by molar-refractivity contribution is -0.422. The van der Waals surface area contributed by atoms with Gasteiger partial charge in [0.25, 0.3) is 0 Å². The van der Waals surface area contributed by atoms with E-state index >= 15 is 0 Å². The second kappa shape index (κ2) is 22.6. The average Bonchev–Trinajstić information content (AvgIpc) is 2.64. The second-order valence-electron chi connectivity index (χ2n) is 3.53. The highest BCUT2D eigenvalue weighted by Gasteiger charge is 2.85. The van der Waals surface area contributed by atoms with Crippen molar-refractivity contribution >= 4 is 10.1 Å². The van der Waals surface area contributed by atoms with Gasteiger partial charge in [0, 0.05) is 0 Å². The molecule has 212 valence electrons. The van der Waals surface area contributed by atoms with Gasteiger partial charge in [-0.25, -0.2) is 22.0 Å². The summed E-state index contributed by atoms with van der Waals surface area (Å²) in [5, 5.41) is -6.73. The van der Waals surface area contributed by atoms with Crippen LogP contribution in [0, 0.1) is 0 Å². The van der Waals surface area contributed by atoms with Crippen LogP contribution in [0.3, 0.4) is 0 Å². The maximum absolute atomic E-state index is 12.8. The van der Waals surface area contributed by atoms with E-state index in [9.17, 15) is 74.3 Å². The molecular weight excluding hydrogens is 537 g/mol. The summed E-state index contributed by atoms with van der Waals surface area (Å²) in [5.41, 5.74) is 0. The first-order valence-electron chi connectivity index (χ1n) is 6.56. The van der Waals surface area contributed by atoms with E-state index in [1.807, 2.05) is 0 Å². The maximum atomic E-state index is 12.8. The lowest BCUT2D eigenvalue weighted by Crippen LogP contribution is -2.65. The summed E-state index contributed by atoms with van der Waals surface area (Å²) >= 11 is 0. The van der Waals surface area contributed by atoms with Gasteiger partial charge in [0.05, 0.1) is 21.0 Å². The first kappa shape index (κ1) is 49.1. The minimum Gasteiger partial charge on any atom is -0.283 e. The van der Waals surface area contributed by atoms with Gasteiger partial charge in [-0.15, -0.1) is 0 Å². The van der Waals surface area contributed by atoms with Gasteiger partial charge < -0.3 is 0 Å². The molecule has 0 aliphatic heterocycles. The number of rotatable bonds is 7. The van der Waals surface area contributed by atoms with Crippen molar-refractivity contribution in [2.75, 3.05) is 41.7 Å². The lowest BCUT2D eigenvalue weighted by Gasteiger charge is -2.34. The first-order chi connectivity index (χ1) is 13.9. The first-order valence-corrected chi connectivity index (χ1v) is 7.96. The Hall–Kier alpha value is -1.18. The molecule has 0 radical (unpaired) electrons. The Kier molecular flexibility index (Phi) is 33.6. The highest BCUT2D eigenvalue weighted by Crippen LogP contribution is 2.54. The largest absolute Gasteiger partial charge is 0.438 e. The summed E-state index contributed by atoms with van der Waals surface area (Å²) in [6.45, 7) is -5.01. The van der Waals surface area contributed by atoms with Crippen LogP contribution in [0.4, 0.5) is 65.9 Å². The Morgan fingerprint density at radius 3 is 1.12 bits per heavy atom. The van der Waals surface area contributed by atoms with Crippen molar-refractivity contribution in [2.24, 2.45) is 0 Å². The summed E-state index contributed by atoms with van der Waals surface area (Å²) in [4.78, 5) is 0. The minimum absolute atomic E-state index is 0. The molecule has 0 rings (SSSR count). The van der Waals surface area contributed by atoms with Gasteiger partial charge in [0.2, 0.25) is 13.9 Å². The Balaban J connectivity index is -0.0000000881. The molecule has 20 heteroatoms. The molecule has 0 atom stereocenters. The second-order valence-corrected chi connectivity index (χ2v) is 5.28. The van der Waals surface area contributed by atoms with E-state index in [1.54, 1.807) is 0 Å². The molecule has 0 saturated heterocycles. The standard InChI is InChI=1S/C6H5F9O4S.C2H5F.2CH2F2.CH3F.2CH4/c1-18-20(16,17)6(14,15)4(10,11)3(8,9)5(12,13)19-2-7;1-2-3;2*2-1-3;1-2;;/h2H2,1H3;2H2,1H3;2*1H2;1H3;2*1H4. The number of alkyl halides is 15. The van der Waals surface area contributed by atoms with Crippen molar-refractivity contribution in [2.45, 2.75) is 45.0 Å². The van der Waals surface area contributed by atoms with Gasteiger partial charge in [0.15, 0.2) is 6.86 Å². The van der Waals surface area contributed by atoms with Crippen LogP contribution in [-0.2, 0) is 19.0 Å². The topological polar surface area (TPSA) is 52.6 Å². The van der Waals surface area contributed by atoms with Crippen LogP contribution in [0.1, 0.15) is 21.8 Å². The number of halogens is 15. The Morgan fingerprint density at radius 2 is 0.939 bits per heavy atom. The van der Waals surface area contributed by atoms with Crippen LogP contribution in [0.25, 0.3) is 0 Å². The fourth-order valence-corrected chi connectivity index (χ4v) is 1.44. The Bertz CT molecular complexity index is 499. The molecule has 0 aromatic carbocycles. The van der Waals surface area contributed by atoms with E-state index in [4.69, 9.17) is 0 Å². The van der Waals surface area contributed by atoms with Crippen molar-refractivity contribution in [1.82, 2.24) is 0 Å². The van der Waals surface area contributed by atoms with Gasteiger partial charge >= 0.3 is 33.3 Å². The van der Waals surface area contributed by atoms with E-state index in [2.05, 4.69) is 8.92 Å². The number of hydrogen-bond donors (Lipinski definition) is 0. The molecule has 4 nitrogen and oxygen atoms in total. The fourth-order valence-electron chi connectivity index (χ4n) is 0.786. The highest BCUT2D eigenvalue weighted by molar-refractivity contribution is 7.87. The monoisotopic (exact) mass is 562 g/mol. The Morgan fingerprint density at radius 1 is 0.697 bits per heavy atom. The van der Waals surface area contributed by atoms with Crippen molar-refractivity contribution < 1.29 is 83.2 Å². The Labute approximate surface area is 181 Å². The fraction of sp³-hybridized carbons (Fsp3) is 1.00. The van der Waals surface area contributed by atoms with Crippen LogP contribution in [0.5, 0.6) is 0 Å². The predicted molar refractivity (Wildman–Crippen MR) is 89.1 cm³/mol. The molecule has 0 aromatic rings. The van der Waals surface area contributed by atoms with E-state index < -0.39 is 54.0 Å². The summed E-state index contributed by atoms with van der Waals surface area (Å²) in [6.07, 6.45) is -6.40.